The first kappa shape index (κ1) is 26.0. The highest BCUT2D eigenvalue weighted by atomic mass is 32.2. The first-order valence-electron chi connectivity index (χ1n) is 12.6. The highest BCUT2D eigenvalue weighted by Crippen LogP contribution is 2.38. The Labute approximate surface area is 233 Å². The minimum atomic E-state index is -1.26. The molecule has 0 radical (unpaired) electrons. The fourth-order valence-corrected chi connectivity index (χ4v) is 6.00. The number of aliphatic hydroxyl groups is 2. The molecule has 0 bridgehead atoms. The fraction of sp³-hybridized carbons (Fsp3) is 0.250. The second kappa shape index (κ2) is 10.7. The van der Waals surface area contributed by atoms with Gasteiger partial charge >= 0.3 is 0 Å². The summed E-state index contributed by atoms with van der Waals surface area (Å²) in [6, 6.07) is 18.8. The van der Waals surface area contributed by atoms with Crippen LogP contribution in [0.3, 0.4) is 0 Å². The zero-order valence-electron chi connectivity index (χ0n) is 21.4. The number of fused-ring (bicyclic) bond motifs is 1. The number of ether oxygens (including phenoxy) is 1. The van der Waals surface area contributed by atoms with Crippen molar-refractivity contribution in [1.29, 1.82) is 5.26 Å². The van der Waals surface area contributed by atoms with E-state index in [9.17, 15) is 15.5 Å². The molecule has 202 valence electrons. The Morgan fingerprint density at radius 2 is 1.88 bits per heavy atom. The number of anilines is 1. The third-order valence-corrected chi connectivity index (χ3v) is 7.97. The number of aliphatic hydroxyl groups excluding tert-OH is 2. The predicted molar refractivity (Wildman–Crippen MR) is 149 cm³/mol. The number of hydrogen-bond donors (Lipinski definition) is 3. The third kappa shape index (κ3) is 4.59. The predicted octanol–water partition coefficient (Wildman–Crippen LogP) is 3.46. The van der Waals surface area contributed by atoms with Crippen molar-refractivity contribution in [2.24, 2.45) is 0 Å². The van der Waals surface area contributed by atoms with E-state index >= 15 is 0 Å². The summed E-state index contributed by atoms with van der Waals surface area (Å²) in [5.74, 6) is 1.90. The molecular formula is C28H25N7O4S. The molecule has 0 unspecified atom stereocenters. The highest BCUT2D eigenvalue weighted by Gasteiger charge is 2.45. The number of aromatic nitrogens is 5. The second-order valence-corrected chi connectivity index (χ2v) is 10.5. The Balaban J connectivity index is 1.24. The van der Waals surface area contributed by atoms with Gasteiger partial charge < -0.3 is 25.2 Å². The van der Waals surface area contributed by atoms with Gasteiger partial charge in [0.1, 0.15) is 30.0 Å². The number of thioether (sulfide) groups is 1. The quantitative estimate of drug-likeness (QED) is 0.269. The molecule has 1 aliphatic heterocycles. The lowest BCUT2D eigenvalue weighted by molar-refractivity contribution is -0.0360. The molecule has 0 aliphatic carbocycles. The van der Waals surface area contributed by atoms with Crippen LogP contribution in [0, 0.1) is 18.3 Å². The summed E-state index contributed by atoms with van der Waals surface area (Å²) in [5.41, 5.74) is 10.8. The number of hydrogen-bond acceptors (Lipinski definition) is 11. The summed E-state index contributed by atoms with van der Waals surface area (Å²) >= 11 is 1.54. The monoisotopic (exact) mass is 555 g/mol. The molecule has 4 N–H and O–H groups in total. The number of nitrogen functional groups attached to an aromatic ring is 1. The van der Waals surface area contributed by atoms with Crippen molar-refractivity contribution in [3.63, 3.8) is 0 Å². The first-order valence-corrected chi connectivity index (χ1v) is 13.7. The van der Waals surface area contributed by atoms with Crippen molar-refractivity contribution in [2.75, 3.05) is 11.5 Å². The van der Waals surface area contributed by atoms with Gasteiger partial charge in [0.05, 0.1) is 28.8 Å². The topological polar surface area (TPSA) is 169 Å². The van der Waals surface area contributed by atoms with E-state index in [4.69, 9.17) is 15.0 Å². The number of rotatable bonds is 7. The van der Waals surface area contributed by atoms with E-state index in [-0.39, 0.29) is 5.82 Å². The molecule has 11 nitrogen and oxygen atoms in total. The zero-order chi connectivity index (χ0) is 27.8. The molecule has 2 aromatic carbocycles. The van der Waals surface area contributed by atoms with E-state index in [1.165, 1.54) is 11.0 Å². The van der Waals surface area contributed by atoms with E-state index in [1.54, 1.807) is 36.0 Å². The van der Waals surface area contributed by atoms with Crippen molar-refractivity contribution in [2.45, 2.75) is 37.2 Å². The van der Waals surface area contributed by atoms with E-state index in [0.29, 0.717) is 45.1 Å². The molecular weight excluding hydrogens is 530 g/mol. The van der Waals surface area contributed by atoms with Crippen molar-refractivity contribution in [1.82, 2.24) is 24.9 Å². The number of nitriles is 1. The number of nitrogens with two attached hydrogens (primary N) is 1. The van der Waals surface area contributed by atoms with Gasteiger partial charge in [0.2, 0.25) is 0 Å². The van der Waals surface area contributed by atoms with Gasteiger partial charge in [-0.1, -0.05) is 47.6 Å². The molecule has 3 aromatic heterocycles. The van der Waals surface area contributed by atoms with Crippen LogP contribution < -0.4 is 5.73 Å². The van der Waals surface area contributed by atoms with Gasteiger partial charge in [-0.2, -0.15) is 22.1 Å². The minimum Gasteiger partial charge on any atom is -0.387 e. The van der Waals surface area contributed by atoms with Gasteiger partial charge in [0.25, 0.3) is 0 Å². The van der Waals surface area contributed by atoms with Gasteiger partial charge in [-0.15, -0.1) is 0 Å². The molecule has 1 fully saturated rings. The summed E-state index contributed by atoms with van der Waals surface area (Å²) in [6.07, 6.45) is -2.79. The summed E-state index contributed by atoms with van der Waals surface area (Å²) in [6.45, 7) is 1.90. The molecule has 1 aliphatic rings. The van der Waals surface area contributed by atoms with Crippen molar-refractivity contribution in [3.05, 3.63) is 77.7 Å². The SMILES string of the molecule is Cc1noc(-c2ccccc2)c1CSC[C@H]1O[C@@H](n2nc(-c3cccc(C#N)c3)c3c(N)ncnc32)[C@H](O)[C@@H]1O. The molecule has 4 heterocycles. The second-order valence-electron chi connectivity index (χ2n) is 9.45. The maximum absolute atomic E-state index is 11.0. The van der Waals surface area contributed by atoms with Gasteiger partial charge in [0.15, 0.2) is 17.6 Å². The highest BCUT2D eigenvalue weighted by molar-refractivity contribution is 7.98. The van der Waals surface area contributed by atoms with Crippen LogP contribution in [-0.4, -0.2) is 59.2 Å². The van der Waals surface area contributed by atoms with Gasteiger partial charge in [-0.05, 0) is 19.1 Å². The Morgan fingerprint density at radius 3 is 2.67 bits per heavy atom. The van der Waals surface area contributed by atoms with Crippen LogP contribution in [0.1, 0.15) is 23.0 Å². The van der Waals surface area contributed by atoms with Crippen molar-refractivity contribution >= 4 is 28.6 Å². The van der Waals surface area contributed by atoms with Crippen LogP contribution in [0.5, 0.6) is 0 Å². The average molecular weight is 556 g/mol. The van der Waals surface area contributed by atoms with Crippen LogP contribution in [0.2, 0.25) is 0 Å². The average Bonchev–Trinajstić information content (AvgIpc) is 3.64. The molecule has 1 saturated heterocycles. The fourth-order valence-electron chi connectivity index (χ4n) is 4.83. The van der Waals surface area contributed by atoms with Crippen molar-refractivity contribution in [3.8, 4) is 28.7 Å². The van der Waals surface area contributed by atoms with Gasteiger partial charge in [-0.3, -0.25) is 0 Å². The largest absolute Gasteiger partial charge is 0.387 e. The van der Waals surface area contributed by atoms with Crippen LogP contribution in [0.25, 0.3) is 33.6 Å². The molecule has 6 rings (SSSR count). The molecule has 4 atom stereocenters. The normalized spacial score (nSPS) is 20.6. The first-order chi connectivity index (χ1) is 19.5. The molecule has 40 heavy (non-hydrogen) atoms. The molecule has 0 amide bonds. The van der Waals surface area contributed by atoms with Crippen molar-refractivity contribution < 1.29 is 19.5 Å². The van der Waals surface area contributed by atoms with E-state index in [1.807, 2.05) is 37.3 Å². The van der Waals surface area contributed by atoms with Crippen LogP contribution in [0.15, 0.2) is 65.4 Å². The Bertz CT molecular complexity index is 1720. The van der Waals surface area contributed by atoms with E-state index in [2.05, 4.69) is 26.3 Å². The standard InChI is InChI=1S/C28H25N7O4S/c1-15-19(25(39-34-15)17-7-3-2-4-8-17)12-40-13-20-23(36)24(37)28(38-20)35-27-21(26(30)31-14-32-27)22(33-35)18-9-5-6-16(10-18)11-29/h2-10,14,20,23-24,28,36-37H,12-13H2,1H3,(H2,30,31,32)/t20-,23-,24-,28-/m1/s1. The minimum absolute atomic E-state index is 0.201. The molecule has 0 spiro atoms. The summed E-state index contributed by atoms with van der Waals surface area (Å²) in [5, 5.41) is 40.5. The van der Waals surface area contributed by atoms with Gasteiger partial charge in [0, 0.05) is 28.2 Å². The molecule has 5 aromatic rings. The maximum atomic E-state index is 11.0. The Morgan fingerprint density at radius 1 is 1.07 bits per heavy atom. The van der Waals surface area contributed by atoms with E-state index < -0.39 is 24.5 Å². The van der Waals surface area contributed by atoms with Crippen LogP contribution in [-0.2, 0) is 10.5 Å². The number of benzene rings is 2. The Hall–Kier alpha value is -4.28. The zero-order valence-corrected chi connectivity index (χ0v) is 22.2. The van der Waals surface area contributed by atoms with Gasteiger partial charge in [-0.25, -0.2) is 14.6 Å². The number of aryl methyl sites for hydroxylation is 1. The summed E-state index contributed by atoms with van der Waals surface area (Å²) in [7, 11) is 0. The smallest absolute Gasteiger partial charge is 0.181 e. The lowest BCUT2D eigenvalue weighted by Crippen LogP contribution is -2.32. The molecule has 0 saturated carbocycles. The van der Waals surface area contributed by atoms with Crippen LogP contribution >= 0.6 is 11.8 Å². The lowest BCUT2D eigenvalue weighted by Gasteiger charge is -2.15. The molecule has 12 heteroatoms. The van der Waals surface area contributed by atoms with E-state index in [0.717, 1.165) is 16.8 Å². The maximum Gasteiger partial charge on any atom is 0.181 e. The lowest BCUT2D eigenvalue weighted by atomic mass is 10.1. The third-order valence-electron chi connectivity index (χ3n) is 6.91. The van der Waals surface area contributed by atoms with Crippen LogP contribution in [0.4, 0.5) is 5.82 Å². The summed E-state index contributed by atoms with van der Waals surface area (Å²) < 4.78 is 13.2. The summed E-state index contributed by atoms with van der Waals surface area (Å²) in [4.78, 5) is 8.46. The Kier molecular flexibility index (Phi) is 6.95. The number of nitrogens with zero attached hydrogens (tertiary/aromatic N) is 6.